The number of nitrogen functional groups attached to an aromatic ring is 1. The first kappa shape index (κ1) is 9.97. The third-order valence-electron chi connectivity index (χ3n) is 1.52. The summed E-state index contributed by atoms with van der Waals surface area (Å²) in [4.78, 5) is 3.91. The summed E-state index contributed by atoms with van der Waals surface area (Å²) in [7, 11) is 0. The number of aromatic nitrogens is 1. The second-order valence-corrected chi connectivity index (χ2v) is 2.68. The zero-order valence-electron chi connectivity index (χ0n) is 7.81. The van der Waals surface area contributed by atoms with E-state index in [9.17, 15) is 0 Å². The Hall–Kier alpha value is -2.11. The van der Waals surface area contributed by atoms with Gasteiger partial charge in [0.1, 0.15) is 5.82 Å². The molecule has 6 nitrogen and oxygen atoms in total. The molecule has 0 aliphatic heterocycles. The van der Waals surface area contributed by atoms with Crippen LogP contribution in [0.25, 0.3) is 0 Å². The molecule has 0 aliphatic carbocycles. The molecule has 0 saturated heterocycles. The Morgan fingerprint density at radius 3 is 2.50 bits per heavy atom. The van der Waals surface area contributed by atoms with Gasteiger partial charge in [0.15, 0.2) is 0 Å². The number of hydrogen-bond donors (Lipinski definition) is 3. The van der Waals surface area contributed by atoms with Crippen LogP contribution in [0.5, 0.6) is 0 Å². The third kappa shape index (κ3) is 2.74. The normalized spacial score (nSPS) is 11.1. The zero-order chi connectivity index (χ0) is 10.6. The van der Waals surface area contributed by atoms with E-state index < -0.39 is 0 Å². The highest BCUT2D eigenvalue weighted by atomic mass is 15.3. The maximum atomic E-state index is 5.43. The molecule has 1 aromatic heterocycles. The van der Waals surface area contributed by atoms with Crippen molar-refractivity contribution in [3.63, 3.8) is 0 Å². The predicted molar refractivity (Wildman–Crippen MR) is 56.7 cm³/mol. The van der Waals surface area contributed by atoms with Crippen molar-refractivity contribution in [2.45, 2.75) is 6.92 Å². The number of hydrogen-bond acceptors (Lipinski definition) is 4. The number of guanidine groups is 1. The highest BCUT2D eigenvalue weighted by molar-refractivity contribution is 5.98. The van der Waals surface area contributed by atoms with Crippen molar-refractivity contribution in [2.75, 3.05) is 5.73 Å². The van der Waals surface area contributed by atoms with Crippen molar-refractivity contribution < 1.29 is 0 Å². The number of anilines is 1. The third-order valence-corrected chi connectivity index (χ3v) is 1.52. The van der Waals surface area contributed by atoms with Gasteiger partial charge in [-0.3, -0.25) is 0 Å². The van der Waals surface area contributed by atoms with Crippen LogP contribution in [0, 0.1) is 0 Å². The minimum absolute atomic E-state index is 0.0762. The fraction of sp³-hybridized carbons (Fsp3) is 0.125. The maximum Gasteiger partial charge on any atom is 0.211 e. The fourth-order valence-electron chi connectivity index (χ4n) is 0.810. The van der Waals surface area contributed by atoms with Crippen molar-refractivity contribution in [2.24, 2.45) is 21.7 Å². The SMILES string of the molecule is C/C(=N/N=C(N)N)c1ccc(N)nc1. The number of nitrogens with two attached hydrogens (primary N) is 3. The van der Waals surface area contributed by atoms with Crippen molar-refractivity contribution >= 4 is 17.5 Å². The average Bonchev–Trinajstić information content (AvgIpc) is 2.15. The largest absolute Gasteiger partial charge is 0.384 e. The maximum absolute atomic E-state index is 5.43. The highest BCUT2D eigenvalue weighted by Gasteiger charge is 1.96. The second kappa shape index (κ2) is 4.22. The Labute approximate surface area is 81.5 Å². The van der Waals surface area contributed by atoms with Gasteiger partial charge in [0.25, 0.3) is 0 Å². The summed E-state index contributed by atoms with van der Waals surface area (Å²) in [6.45, 7) is 1.78. The van der Waals surface area contributed by atoms with Crippen molar-refractivity contribution in [3.05, 3.63) is 23.9 Å². The molecule has 1 aromatic rings. The molecule has 1 rings (SSSR count). The van der Waals surface area contributed by atoms with E-state index in [2.05, 4.69) is 15.2 Å². The van der Waals surface area contributed by atoms with Gasteiger partial charge in [-0.25, -0.2) is 4.98 Å². The average molecular weight is 192 g/mol. The Morgan fingerprint density at radius 1 is 1.29 bits per heavy atom. The summed E-state index contributed by atoms with van der Waals surface area (Å²) < 4.78 is 0. The molecule has 0 unspecified atom stereocenters. The minimum Gasteiger partial charge on any atom is -0.384 e. The van der Waals surface area contributed by atoms with Crippen molar-refractivity contribution in [1.29, 1.82) is 0 Å². The Balaban J connectivity index is 2.89. The van der Waals surface area contributed by atoms with Gasteiger partial charge in [0.05, 0.1) is 5.71 Å². The van der Waals surface area contributed by atoms with Crippen molar-refractivity contribution in [1.82, 2.24) is 4.98 Å². The molecule has 0 aliphatic rings. The van der Waals surface area contributed by atoms with Gasteiger partial charge < -0.3 is 17.2 Å². The Morgan fingerprint density at radius 2 is 2.00 bits per heavy atom. The van der Waals surface area contributed by atoms with Gasteiger partial charge in [0, 0.05) is 11.8 Å². The number of rotatable bonds is 2. The van der Waals surface area contributed by atoms with Gasteiger partial charge in [0.2, 0.25) is 5.96 Å². The Bertz CT molecular complexity index is 360. The molecule has 14 heavy (non-hydrogen) atoms. The first-order valence-electron chi connectivity index (χ1n) is 3.94. The minimum atomic E-state index is -0.0762. The van der Waals surface area contributed by atoms with Crippen LogP contribution >= 0.6 is 0 Å². The molecule has 0 atom stereocenters. The molecule has 0 aromatic carbocycles. The molecule has 0 amide bonds. The van der Waals surface area contributed by atoms with Gasteiger partial charge in [-0.15, -0.1) is 5.10 Å². The van der Waals surface area contributed by atoms with E-state index in [0.717, 1.165) is 5.56 Å². The summed E-state index contributed by atoms with van der Waals surface area (Å²) in [5.74, 6) is 0.385. The van der Waals surface area contributed by atoms with E-state index in [0.29, 0.717) is 11.5 Å². The lowest BCUT2D eigenvalue weighted by molar-refractivity contribution is 1.19. The molecule has 1 heterocycles. The quantitative estimate of drug-likeness (QED) is 0.337. The summed E-state index contributed by atoms with van der Waals surface area (Å²) >= 11 is 0. The summed E-state index contributed by atoms with van der Waals surface area (Å²) in [5.41, 5.74) is 17.2. The topological polar surface area (TPSA) is 116 Å². The van der Waals surface area contributed by atoms with Gasteiger partial charge in [-0.2, -0.15) is 5.10 Å². The Kier molecular flexibility index (Phi) is 3.01. The van der Waals surface area contributed by atoms with Crippen LogP contribution in [-0.2, 0) is 0 Å². The summed E-state index contributed by atoms with van der Waals surface area (Å²) in [6, 6.07) is 3.48. The lowest BCUT2D eigenvalue weighted by atomic mass is 10.2. The fourth-order valence-corrected chi connectivity index (χ4v) is 0.810. The first-order valence-corrected chi connectivity index (χ1v) is 3.94. The molecule has 6 N–H and O–H groups in total. The molecule has 0 radical (unpaired) electrons. The van der Waals surface area contributed by atoms with Gasteiger partial charge >= 0.3 is 0 Å². The first-order chi connectivity index (χ1) is 6.59. The molecule has 0 saturated carbocycles. The van der Waals surface area contributed by atoms with E-state index >= 15 is 0 Å². The predicted octanol–water partition coefficient (Wildman–Crippen LogP) is -0.339. The highest BCUT2D eigenvalue weighted by Crippen LogP contribution is 2.02. The smallest absolute Gasteiger partial charge is 0.211 e. The van der Waals surface area contributed by atoms with Crippen LogP contribution in [-0.4, -0.2) is 16.7 Å². The van der Waals surface area contributed by atoms with Gasteiger partial charge in [-0.05, 0) is 19.1 Å². The van der Waals surface area contributed by atoms with E-state index in [-0.39, 0.29) is 5.96 Å². The van der Waals surface area contributed by atoms with Gasteiger partial charge in [-0.1, -0.05) is 0 Å². The van der Waals surface area contributed by atoms with Crippen LogP contribution in [0.15, 0.2) is 28.5 Å². The van der Waals surface area contributed by atoms with E-state index in [1.807, 2.05) is 0 Å². The van der Waals surface area contributed by atoms with Crippen LogP contribution in [0.1, 0.15) is 12.5 Å². The summed E-state index contributed by atoms with van der Waals surface area (Å²) in [6.07, 6.45) is 1.61. The second-order valence-electron chi connectivity index (χ2n) is 2.68. The van der Waals surface area contributed by atoms with Crippen LogP contribution in [0.4, 0.5) is 5.82 Å². The summed E-state index contributed by atoms with van der Waals surface area (Å²) in [5, 5.41) is 7.32. The monoisotopic (exact) mass is 192 g/mol. The molecule has 74 valence electrons. The lowest BCUT2D eigenvalue weighted by Gasteiger charge is -1.98. The van der Waals surface area contributed by atoms with E-state index in [1.54, 1.807) is 25.3 Å². The molecule has 0 bridgehead atoms. The van der Waals surface area contributed by atoms with Crippen LogP contribution in [0.3, 0.4) is 0 Å². The van der Waals surface area contributed by atoms with Crippen LogP contribution < -0.4 is 17.2 Å². The zero-order valence-corrected chi connectivity index (χ0v) is 7.81. The molecule has 0 spiro atoms. The molecule has 0 fully saturated rings. The standard InChI is InChI=1S/C8H12N6/c1-5(13-14-8(10)11)6-2-3-7(9)12-4-6/h2-4H,1H3,(H2,9,12)(H4,10,11,14)/b13-5-. The van der Waals surface area contributed by atoms with E-state index in [4.69, 9.17) is 17.2 Å². The van der Waals surface area contributed by atoms with Crippen LogP contribution in [0.2, 0.25) is 0 Å². The van der Waals surface area contributed by atoms with E-state index in [1.165, 1.54) is 0 Å². The molecule has 6 heteroatoms. The number of pyridine rings is 1. The lowest BCUT2D eigenvalue weighted by Crippen LogP contribution is -2.22. The number of nitrogens with zero attached hydrogens (tertiary/aromatic N) is 3. The molecular formula is C8H12N6. The molecular weight excluding hydrogens is 180 g/mol. The van der Waals surface area contributed by atoms with Crippen molar-refractivity contribution in [3.8, 4) is 0 Å².